The fourth-order valence-corrected chi connectivity index (χ4v) is 3.20. The molecule has 0 aromatic heterocycles. The van der Waals surface area contributed by atoms with E-state index in [0.717, 1.165) is 6.42 Å². The molecule has 3 unspecified atom stereocenters. The van der Waals surface area contributed by atoms with Gasteiger partial charge in [-0.05, 0) is 25.2 Å². The van der Waals surface area contributed by atoms with Crippen LogP contribution >= 0.6 is 0 Å². The van der Waals surface area contributed by atoms with Gasteiger partial charge < -0.3 is 15.1 Å². The van der Waals surface area contributed by atoms with Gasteiger partial charge in [0, 0.05) is 13.1 Å². The Balaban J connectivity index is 2.05. The average Bonchev–Trinajstić information content (AvgIpc) is 2.93. The van der Waals surface area contributed by atoms with Crippen LogP contribution in [0.4, 0.5) is 0 Å². The summed E-state index contributed by atoms with van der Waals surface area (Å²) in [4.78, 5) is 25.2. The second kappa shape index (κ2) is 5.26. The van der Waals surface area contributed by atoms with Crippen molar-refractivity contribution in [1.82, 2.24) is 4.90 Å². The van der Waals surface area contributed by atoms with Gasteiger partial charge in [-0.25, -0.2) is 0 Å². The first-order valence-electron chi connectivity index (χ1n) is 6.72. The molecule has 0 radical (unpaired) electrons. The third kappa shape index (κ3) is 2.51. The highest BCUT2D eigenvalue weighted by molar-refractivity contribution is 5.85. The van der Waals surface area contributed by atoms with Gasteiger partial charge in [0.2, 0.25) is 5.91 Å². The Labute approximate surface area is 107 Å². The van der Waals surface area contributed by atoms with Gasteiger partial charge >= 0.3 is 5.97 Å². The predicted octanol–water partition coefficient (Wildman–Crippen LogP) is 0.717. The van der Waals surface area contributed by atoms with E-state index in [0.29, 0.717) is 38.3 Å². The summed E-state index contributed by atoms with van der Waals surface area (Å²) in [7, 11) is 0. The summed E-state index contributed by atoms with van der Waals surface area (Å²) < 4.78 is 0. The molecule has 0 aromatic rings. The molecule has 2 aliphatic rings. The molecule has 0 bridgehead atoms. The Bertz CT molecular complexity index is 344. The van der Waals surface area contributed by atoms with Crippen LogP contribution in [0.25, 0.3) is 0 Å². The molecular formula is C13H21NO4. The second-order valence-corrected chi connectivity index (χ2v) is 5.52. The van der Waals surface area contributed by atoms with Crippen molar-refractivity contribution in [3.05, 3.63) is 0 Å². The lowest BCUT2D eigenvalue weighted by atomic mass is 9.95. The molecule has 5 heteroatoms. The molecular weight excluding hydrogens is 234 g/mol. The highest BCUT2D eigenvalue weighted by Gasteiger charge is 2.44. The van der Waals surface area contributed by atoms with Crippen LogP contribution in [0, 0.1) is 17.8 Å². The largest absolute Gasteiger partial charge is 0.481 e. The van der Waals surface area contributed by atoms with E-state index in [1.807, 2.05) is 6.92 Å². The number of carboxylic acid groups (broad SMARTS) is 1. The quantitative estimate of drug-likeness (QED) is 0.779. The summed E-state index contributed by atoms with van der Waals surface area (Å²) in [6, 6.07) is 0. The Kier molecular flexibility index (Phi) is 3.90. The van der Waals surface area contributed by atoms with E-state index in [1.54, 1.807) is 4.90 Å². The zero-order valence-corrected chi connectivity index (χ0v) is 10.7. The molecule has 1 aliphatic heterocycles. The molecule has 1 amide bonds. The van der Waals surface area contributed by atoms with Crippen molar-refractivity contribution in [2.75, 3.05) is 13.1 Å². The van der Waals surface area contributed by atoms with Crippen molar-refractivity contribution in [3.63, 3.8) is 0 Å². The minimum Gasteiger partial charge on any atom is -0.481 e. The number of aliphatic hydroxyl groups is 1. The van der Waals surface area contributed by atoms with Gasteiger partial charge in [0.1, 0.15) is 0 Å². The van der Waals surface area contributed by atoms with Gasteiger partial charge in [0.15, 0.2) is 0 Å². The van der Waals surface area contributed by atoms with E-state index >= 15 is 0 Å². The zero-order chi connectivity index (χ0) is 13.3. The summed E-state index contributed by atoms with van der Waals surface area (Å²) in [6.45, 7) is 2.95. The van der Waals surface area contributed by atoms with Gasteiger partial charge in [-0.15, -0.1) is 0 Å². The topological polar surface area (TPSA) is 77.8 Å². The number of aliphatic hydroxyl groups excluding tert-OH is 1. The Morgan fingerprint density at radius 3 is 2.44 bits per heavy atom. The fraction of sp³-hybridized carbons (Fsp3) is 0.846. The second-order valence-electron chi connectivity index (χ2n) is 5.52. The van der Waals surface area contributed by atoms with Gasteiger partial charge in [0.05, 0.1) is 17.9 Å². The minimum atomic E-state index is -0.857. The van der Waals surface area contributed by atoms with Crippen LogP contribution in [0.5, 0.6) is 0 Å². The van der Waals surface area contributed by atoms with Crippen LogP contribution in [0.15, 0.2) is 0 Å². The standard InChI is InChI=1S/C13H21NO4/c1-2-8-5-10(11(6-8)13(17)18)12(16)14-4-3-9(15)7-14/h8-11,15H,2-7H2,1H3,(H,17,18)/t8?,9-,10?,11?/m1/s1. The number of hydrogen-bond donors (Lipinski definition) is 2. The van der Waals surface area contributed by atoms with Gasteiger partial charge in [-0.2, -0.15) is 0 Å². The SMILES string of the molecule is CCC1CC(C(=O)O)C(C(=O)N2CC[C@@H](O)C2)C1. The lowest BCUT2D eigenvalue weighted by Crippen LogP contribution is -2.38. The van der Waals surface area contributed by atoms with Crippen LogP contribution < -0.4 is 0 Å². The lowest BCUT2D eigenvalue weighted by Gasteiger charge is -2.22. The van der Waals surface area contributed by atoms with Crippen LogP contribution in [-0.2, 0) is 9.59 Å². The molecule has 1 saturated carbocycles. The molecule has 2 rings (SSSR count). The number of carboxylic acids is 1. The summed E-state index contributed by atoms with van der Waals surface area (Å²) in [5.41, 5.74) is 0. The smallest absolute Gasteiger partial charge is 0.307 e. The van der Waals surface area contributed by atoms with E-state index in [4.69, 9.17) is 0 Å². The Morgan fingerprint density at radius 1 is 1.28 bits per heavy atom. The number of rotatable bonds is 3. The molecule has 1 heterocycles. The number of hydrogen-bond acceptors (Lipinski definition) is 3. The summed E-state index contributed by atoms with van der Waals surface area (Å²) >= 11 is 0. The van der Waals surface area contributed by atoms with Crippen molar-refractivity contribution < 1.29 is 19.8 Å². The Hall–Kier alpha value is -1.10. The third-order valence-electron chi connectivity index (χ3n) is 4.35. The van der Waals surface area contributed by atoms with Gasteiger partial charge in [-0.1, -0.05) is 13.3 Å². The monoisotopic (exact) mass is 255 g/mol. The molecule has 1 aliphatic carbocycles. The first kappa shape index (κ1) is 13.3. The minimum absolute atomic E-state index is 0.0742. The summed E-state index contributed by atoms with van der Waals surface area (Å²) in [5.74, 6) is -1.52. The van der Waals surface area contributed by atoms with Gasteiger partial charge in [0.25, 0.3) is 0 Å². The molecule has 4 atom stereocenters. The number of aliphatic carboxylic acids is 1. The fourth-order valence-electron chi connectivity index (χ4n) is 3.20. The normalized spacial score (nSPS) is 36.0. The van der Waals surface area contributed by atoms with Crippen molar-refractivity contribution in [3.8, 4) is 0 Å². The van der Waals surface area contributed by atoms with Crippen LogP contribution in [0.2, 0.25) is 0 Å². The number of amides is 1. The molecule has 1 saturated heterocycles. The number of β-amino-alcohol motifs (C(OH)–C–C–N with tert-alkyl or cyclic N) is 1. The average molecular weight is 255 g/mol. The van der Waals surface area contributed by atoms with Crippen LogP contribution in [0.3, 0.4) is 0 Å². The van der Waals surface area contributed by atoms with E-state index in [-0.39, 0.29) is 5.91 Å². The van der Waals surface area contributed by atoms with Gasteiger partial charge in [-0.3, -0.25) is 9.59 Å². The maximum absolute atomic E-state index is 12.3. The summed E-state index contributed by atoms with van der Waals surface area (Å²) in [6.07, 6.45) is 2.38. The number of carbonyl (C=O) groups is 2. The maximum atomic E-state index is 12.3. The number of carbonyl (C=O) groups excluding carboxylic acids is 1. The molecule has 18 heavy (non-hydrogen) atoms. The van der Waals surface area contributed by atoms with Crippen LogP contribution in [-0.4, -0.2) is 46.2 Å². The molecule has 0 aromatic carbocycles. The lowest BCUT2D eigenvalue weighted by molar-refractivity contribution is -0.148. The molecule has 5 nitrogen and oxygen atoms in total. The zero-order valence-electron chi connectivity index (χ0n) is 10.7. The van der Waals surface area contributed by atoms with Crippen LogP contribution in [0.1, 0.15) is 32.6 Å². The van der Waals surface area contributed by atoms with E-state index in [2.05, 4.69) is 0 Å². The van der Waals surface area contributed by atoms with E-state index in [9.17, 15) is 19.8 Å². The van der Waals surface area contributed by atoms with E-state index in [1.165, 1.54) is 0 Å². The molecule has 102 valence electrons. The van der Waals surface area contributed by atoms with Crippen molar-refractivity contribution in [1.29, 1.82) is 0 Å². The molecule has 2 fully saturated rings. The number of likely N-dealkylation sites (tertiary alicyclic amines) is 1. The predicted molar refractivity (Wildman–Crippen MR) is 64.8 cm³/mol. The summed E-state index contributed by atoms with van der Waals surface area (Å²) in [5, 5.41) is 18.7. The first-order valence-corrected chi connectivity index (χ1v) is 6.72. The Morgan fingerprint density at radius 2 is 1.94 bits per heavy atom. The first-order chi connectivity index (χ1) is 8.52. The number of nitrogens with zero attached hydrogens (tertiary/aromatic N) is 1. The molecule has 2 N–H and O–H groups in total. The highest BCUT2D eigenvalue weighted by atomic mass is 16.4. The highest BCUT2D eigenvalue weighted by Crippen LogP contribution is 2.39. The maximum Gasteiger partial charge on any atom is 0.307 e. The third-order valence-corrected chi connectivity index (χ3v) is 4.35. The van der Waals surface area contributed by atoms with Crippen molar-refractivity contribution in [2.45, 2.75) is 38.7 Å². The van der Waals surface area contributed by atoms with Crippen molar-refractivity contribution in [2.24, 2.45) is 17.8 Å². The van der Waals surface area contributed by atoms with Crippen molar-refractivity contribution >= 4 is 11.9 Å². The molecule has 0 spiro atoms. The van der Waals surface area contributed by atoms with E-state index < -0.39 is 23.9 Å².